The lowest BCUT2D eigenvalue weighted by atomic mass is 10.1. The number of nitrogens with one attached hydrogen (secondary N) is 1. The van der Waals surface area contributed by atoms with E-state index in [1.165, 1.54) is 12.1 Å². The molecule has 1 fully saturated rings. The third-order valence-corrected chi connectivity index (χ3v) is 3.30. The lowest BCUT2D eigenvalue weighted by Gasteiger charge is -2.34. The minimum Gasteiger partial charge on any atom is -0.337 e. The number of hydrogen-bond donors (Lipinski definition) is 1. The Morgan fingerprint density at radius 3 is 3.05 bits per heavy atom. The van der Waals surface area contributed by atoms with Crippen LogP contribution in [-0.4, -0.2) is 41.4 Å². The zero-order valence-electron chi connectivity index (χ0n) is 10.8. The largest absolute Gasteiger partial charge is 0.337 e. The number of nitro benzene ring substituents is 1. The molecule has 0 saturated carbocycles. The van der Waals surface area contributed by atoms with E-state index in [4.69, 9.17) is 0 Å². The first kappa shape index (κ1) is 13.5. The second-order valence-corrected chi connectivity index (χ2v) is 4.74. The van der Waals surface area contributed by atoms with Crippen molar-refractivity contribution in [1.82, 2.24) is 10.2 Å². The highest BCUT2D eigenvalue weighted by atomic mass is 16.6. The first-order valence-corrected chi connectivity index (χ1v) is 6.31. The minimum atomic E-state index is -0.443. The van der Waals surface area contributed by atoms with E-state index in [1.54, 1.807) is 12.1 Å². The van der Waals surface area contributed by atoms with Crippen LogP contribution in [-0.2, 0) is 11.2 Å². The van der Waals surface area contributed by atoms with Gasteiger partial charge in [0.15, 0.2) is 0 Å². The van der Waals surface area contributed by atoms with Crippen LogP contribution in [0.1, 0.15) is 12.5 Å². The van der Waals surface area contributed by atoms with Gasteiger partial charge in [-0.1, -0.05) is 12.1 Å². The minimum absolute atomic E-state index is 0.0227. The summed E-state index contributed by atoms with van der Waals surface area (Å²) in [6.45, 7) is 4.28. The molecule has 0 radical (unpaired) electrons. The summed E-state index contributed by atoms with van der Waals surface area (Å²) in [6, 6.07) is 6.42. The zero-order valence-corrected chi connectivity index (χ0v) is 10.8. The summed E-state index contributed by atoms with van der Waals surface area (Å²) in [4.78, 5) is 24.3. The maximum Gasteiger partial charge on any atom is 0.269 e. The topological polar surface area (TPSA) is 75.5 Å². The maximum absolute atomic E-state index is 12.2. The highest BCUT2D eigenvalue weighted by Gasteiger charge is 2.23. The summed E-state index contributed by atoms with van der Waals surface area (Å²) in [5, 5.41) is 13.9. The van der Waals surface area contributed by atoms with E-state index in [0.717, 1.165) is 13.1 Å². The monoisotopic (exact) mass is 263 g/mol. The van der Waals surface area contributed by atoms with Crippen LogP contribution < -0.4 is 5.32 Å². The van der Waals surface area contributed by atoms with E-state index in [0.29, 0.717) is 12.1 Å². The standard InChI is InChI=1S/C13H17N3O3/c1-10-9-14-5-6-15(10)13(17)8-11-3-2-4-12(7-11)16(18)19/h2-4,7,10,14H,5-6,8-9H2,1H3. The van der Waals surface area contributed by atoms with E-state index >= 15 is 0 Å². The third-order valence-electron chi connectivity index (χ3n) is 3.30. The average Bonchev–Trinajstić information content (AvgIpc) is 2.39. The molecule has 1 atom stereocenters. The van der Waals surface area contributed by atoms with Gasteiger partial charge in [0.05, 0.1) is 11.3 Å². The highest BCUT2D eigenvalue weighted by Crippen LogP contribution is 2.15. The van der Waals surface area contributed by atoms with Gasteiger partial charge in [-0.25, -0.2) is 0 Å². The first-order valence-electron chi connectivity index (χ1n) is 6.31. The number of piperazine rings is 1. The molecule has 19 heavy (non-hydrogen) atoms. The van der Waals surface area contributed by atoms with Crippen LogP contribution >= 0.6 is 0 Å². The number of hydrogen-bond acceptors (Lipinski definition) is 4. The van der Waals surface area contributed by atoms with Crippen LogP contribution in [0.4, 0.5) is 5.69 Å². The molecule has 1 aliphatic rings. The molecule has 6 nitrogen and oxygen atoms in total. The zero-order chi connectivity index (χ0) is 13.8. The predicted octanol–water partition coefficient (Wildman–Crippen LogP) is 0.958. The van der Waals surface area contributed by atoms with E-state index < -0.39 is 4.92 Å². The number of non-ortho nitro benzene ring substituents is 1. The van der Waals surface area contributed by atoms with Crippen molar-refractivity contribution in [2.75, 3.05) is 19.6 Å². The molecule has 2 rings (SSSR count). The van der Waals surface area contributed by atoms with Crippen LogP contribution in [0.3, 0.4) is 0 Å². The summed E-state index contributed by atoms with van der Waals surface area (Å²) in [5.41, 5.74) is 0.712. The number of benzene rings is 1. The Morgan fingerprint density at radius 2 is 2.37 bits per heavy atom. The highest BCUT2D eigenvalue weighted by molar-refractivity contribution is 5.79. The number of rotatable bonds is 3. The van der Waals surface area contributed by atoms with Gasteiger partial charge >= 0.3 is 0 Å². The van der Waals surface area contributed by atoms with Gasteiger partial charge in [-0.15, -0.1) is 0 Å². The predicted molar refractivity (Wildman–Crippen MR) is 70.8 cm³/mol. The van der Waals surface area contributed by atoms with Crippen molar-refractivity contribution >= 4 is 11.6 Å². The van der Waals surface area contributed by atoms with Crippen LogP contribution in [0.2, 0.25) is 0 Å². The summed E-state index contributed by atoms with van der Waals surface area (Å²) < 4.78 is 0. The maximum atomic E-state index is 12.2. The van der Waals surface area contributed by atoms with Gasteiger partial charge in [-0.3, -0.25) is 14.9 Å². The van der Waals surface area contributed by atoms with E-state index in [9.17, 15) is 14.9 Å². The fraction of sp³-hybridized carbons (Fsp3) is 0.462. The van der Waals surface area contributed by atoms with Crippen molar-refractivity contribution in [3.05, 3.63) is 39.9 Å². The van der Waals surface area contributed by atoms with Crippen LogP contribution in [0, 0.1) is 10.1 Å². The molecule has 0 aromatic heterocycles. The number of amides is 1. The summed E-state index contributed by atoms with van der Waals surface area (Å²) in [7, 11) is 0. The third kappa shape index (κ3) is 3.29. The molecule has 0 spiro atoms. The SMILES string of the molecule is CC1CNCCN1C(=O)Cc1cccc([N+](=O)[O-])c1. The molecular formula is C13H17N3O3. The first-order chi connectivity index (χ1) is 9.08. The summed E-state index contributed by atoms with van der Waals surface area (Å²) in [6.07, 6.45) is 0.214. The van der Waals surface area contributed by atoms with Crippen molar-refractivity contribution in [2.24, 2.45) is 0 Å². The Bertz CT molecular complexity index is 490. The van der Waals surface area contributed by atoms with Crippen LogP contribution in [0.25, 0.3) is 0 Å². The molecule has 6 heteroatoms. The number of nitrogens with zero attached hydrogens (tertiary/aromatic N) is 2. The molecule has 1 unspecified atom stereocenters. The fourth-order valence-electron chi connectivity index (χ4n) is 2.27. The van der Waals surface area contributed by atoms with Crippen molar-refractivity contribution in [1.29, 1.82) is 0 Å². The molecule has 1 aliphatic heterocycles. The number of carbonyl (C=O) groups excluding carboxylic acids is 1. The summed E-state index contributed by atoms with van der Waals surface area (Å²) in [5.74, 6) is 0.0227. The molecule has 1 aromatic carbocycles. The molecule has 1 heterocycles. The molecule has 0 bridgehead atoms. The van der Waals surface area contributed by atoms with Crippen molar-refractivity contribution in [2.45, 2.75) is 19.4 Å². The van der Waals surface area contributed by atoms with E-state index in [-0.39, 0.29) is 24.1 Å². The average molecular weight is 263 g/mol. The smallest absolute Gasteiger partial charge is 0.269 e. The molecule has 1 saturated heterocycles. The van der Waals surface area contributed by atoms with Crippen molar-refractivity contribution in [3.63, 3.8) is 0 Å². The van der Waals surface area contributed by atoms with Gasteiger partial charge in [0.2, 0.25) is 5.91 Å². The molecule has 102 valence electrons. The Hall–Kier alpha value is -1.95. The van der Waals surface area contributed by atoms with Crippen LogP contribution in [0.15, 0.2) is 24.3 Å². The lowest BCUT2D eigenvalue weighted by molar-refractivity contribution is -0.384. The van der Waals surface area contributed by atoms with E-state index in [2.05, 4.69) is 5.32 Å². The number of nitro groups is 1. The second kappa shape index (κ2) is 5.79. The van der Waals surface area contributed by atoms with Gasteiger partial charge in [0.1, 0.15) is 0 Å². The van der Waals surface area contributed by atoms with Crippen molar-refractivity contribution in [3.8, 4) is 0 Å². The summed E-state index contributed by atoms with van der Waals surface area (Å²) >= 11 is 0. The van der Waals surface area contributed by atoms with Crippen molar-refractivity contribution < 1.29 is 9.72 Å². The lowest BCUT2D eigenvalue weighted by Crippen LogP contribution is -2.52. The fourth-order valence-corrected chi connectivity index (χ4v) is 2.27. The molecule has 1 amide bonds. The van der Waals surface area contributed by atoms with Gasteiger partial charge in [0, 0.05) is 37.8 Å². The molecule has 1 aromatic rings. The van der Waals surface area contributed by atoms with Gasteiger partial charge < -0.3 is 10.2 Å². The Labute approximate surface area is 111 Å². The molecule has 1 N–H and O–H groups in total. The van der Waals surface area contributed by atoms with Gasteiger partial charge in [-0.05, 0) is 12.5 Å². The number of carbonyl (C=O) groups is 1. The normalized spacial score (nSPS) is 19.2. The Balaban J connectivity index is 2.06. The van der Waals surface area contributed by atoms with Crippen LogP contribution in [0.5, 0.6) is 0 Å². The molecular weight excluding hydrogens is 246 g/mol. The quantitative estimate of drug-likeness (QED) is 0.651. The van der Waals surface area contributed by atoms with Gasteiger partial charge in [0.25, 0.3) is 5.69 Å². The Morgan fingerprint density at radius 1 is 1.58 bits per heavy atom. The molecule has 0 aliphatic carbocycles. The van der Waals surface area contributed by atoms with E-state index in [1.807, 2.05) is 11.8 Å². The van der Waals surface area contributed by atoms with Gasteiger partial charge in [-0.2, -0.15) is 0 Å². The Kier molecular flexibility index (Phi) is 4.11. The second-order valence-electron chi connectivity index (χ2n) is 4.74.